The number of H-pyrrole nitrogens is 1. The number of aromatic nitrogens is 2. The van der Waals surface area contributed by atoms with E-state index in [1.165, 1.54) is 0 Å². The number of nitrogens with one attached hydrogen (secondary N) is 1. The molecule has 0 aliphatic heterocycles. The minimum absolute atomic E-state index is 0.101. The molecule has 0 unspecified atom stereocenters. The molecule has 0 saturated carbocycles. The fourth-order valence-corrected chi connectivity index (χ4v) is 3.33. The first-order valence-corrected chi connectivity index (χ1v) is 6.24. The van der Waals surface area contributed by atoms with Crippen molar-refractivity contribution >= 4 is 48.4 Å². The number of benzene rings is 1. The number of para-hydroxylation sites is 2. The lowest BCUT2D eigenvalue weighted by molar-refractivity contribution is 1.16. The summed E-state index contributed by atoms with van der Waals surface area (Å²) >= 11 is 6.84. The molecule has 0 atom stereocenters. The van der Waals surface area contributed by atoms with Crippen molar-refractivity contribution in [2.45, 2.75) is 0 Å². The van der Waals surface area contributed by atoms with Gasteiger partial charge in [-0.3, -0.25) is 9.20 Å². The molecule has 2 aromatic heterocycles. The molecule has 5 heteroatoms. The number of rotatable bonds is 0. The molecular formula is C11H6Br2N2O. The van der Waals surface area contributed by atoms with Crippen LogP contribution in [0.1, 0.15) is 0 Å². The highest BCUT2D eigenvalue weighted by atomic mass is 79.9. The van der Waals surface area contributed by atoms with Gasteiger partial charge in [0.1, 0.15) is 5.52 Å². The Morgan fingerprint density at radius 1 is 1.19 bits per heavy atom. The van der Waals surface area contributed by atoms with Gasteiger partial charge in [0, 0.05) is 4.47 Å². The molecule has 0 radical (unpaired) electrons. The predicted octanol–water partition coefficient (Wildman–Crippen LogP) is 3.31. The maximum absolute atomic E-state index is 11.9. The maximum atomic E-state index is 11.9. The van der Waals surface area contributed by atoms with Crippen molar-refractivity contribution in [3.05, 3.63) is 49.8 Å². The van der Waals surface area contributed by atoms with Crippen LogP contribution >= 0.6 is 31.9 Å². The first-order valence-electron chi connectivity index (χ1n) is 4.66. The summed E-state index contributed by atoms with van der Waals surface area (Å²) in [6.07, 6.45) is 0. The molecule has 0 saturated heterocycles. The lowest BCUT2D eigenvalue weighted by atomic mass is 10.3. The van der Waals surface area contributed by atoms with E-state index >= 15 is 0 Å². The predicted molar refractivity (Wildman–Crippen MR) is 70.9 cm³/mol. The van der Waals surface area contributed by atoms with E-state index < -0.39 is 0 Å². The lowest BCUT2D eigenvalue weighted by Crippen LogP contribution is -2.10. The van der Waals surface area contributed by atoms with Crippen LogP contribution in [-0.2, 0) is 0 Å². The first-order chi connectivity index (χ1) is 7.68. The van der Waals surface area contributed by atoms with Crippen molar-refractivity contribution in [3.63, 3.8) is 0 Å². The van der Waals surface area contributed by atoms with Crippen molar-refractivity contribution in [3.8, 4) is 0 Å². The Bertz CT molecular complexity index is 758. The van der Waals surface area contributed by atoms with E-state index in [1.807, 2.05) is 34.7 Å². The van der Waals surface area contributed by atoms with E-state index in [2.05, 4.69) is 36.8 Å². The molecule has 3 rings (SSSR count). The topological polar surface area (TPSA) is 37.3 Å². The van der Waals surface area contributed by atoms with Crippen molar-refractivity contribution in [1.29, 1.82) is 0 Å². The van der Waals surface area contributed by atoms with Gasteiger partial charge in [0.15, 0.2) is 0 Å². The second kappa shape index (κ2) is 3.46. The molecule has 80 valence electrons. The summed E-state index contributed by atoms with van der Waals surface area (Å²) in [7, 11) is 0. The zero-order valence-corrected chi connectivity index (χ0v) is 11.2. The molecule has 1 aromatic carbocycles. The molecule has 0 bridgehead atoms. The van der Waals surface area contributed by atoms with Crippen LogP contribution in [0.4, 0.5) is 0 Å². The van der Waals surface area contributed by atoms with Gasteiger partial charge in [-0.15, -0.1) is 0 Å². The number of hydrogen-bond donors (Lipinski definition) is 1. The third kappa shape index (κ3) is 1.28. The number of hydrogen-bond acceptors (Lipinski definition) is 1. The highest BCUT2D eigenvalue weighted by Gasteiger charge is 2.11. The minimum atomic E-state index is -0.101. The monoisotopic (exact) mass is 340 g/mol. The fraction of sp³-hybridized carbons (Fsp3) is 0. The highest BCUT2D eigenvalue weighted by Crippen LogP contribution is 2.26. The summed E-state index contributed by atoms with van der Waals surface area (Å²) in [5.41, 5.74) is 2.31. The number of fused-ring (bicyclic) bond motifs is 3. The van der Waals surface area contributed by atoms with Gasteiger partial charge >= 0.3 is 0 Å². The standard InChI is InChI=1S/C11H6Br2N2O/c12-6-5-9(13)15-8-4-2-1-3-7(8)14-11(16)10(6)15/h1-5H,(H,14,16). The lowest BCUT2D eigenvalue weighted by Gasteiger charge is -2.03. The van der Waals surface area contributed by atoms with Crippen molar-refractivity contribution in [2.24, 2.45) is 0 Å². The molecular weight excluding hydrogens is 336 g/mol. The van der Waals surface area contributed by atoms with Crippen LogP contribution in [-0.4, -0.2) is 9.38 Å². The van der Waals surface area contributed by atoms with Crippen LogP contribution in [0.2, 0.25) is 0 Å². The van der Waals surface area contributed by atoms with Gasteiger partial charge in [0.05, 0.1) is 15.6 Å². The van der Waals surface area contributed by atoms with Crippen molar-refractivity contribution < 1.29 is 0 Å². The Hall–Kier alpha value is -1.07. The van der Waals surface area contributed by atoms with Crippen LogP contribution in [0.25, 0.3) is 16.6 Å². The Morgan fingerprint density at radius 3 is 2.75 bits per heavy atom. The van der Waals surface area contributed by atoms with Gasteiger partial charge in [-0.2, -0.15) is 0 Å². The summed E-state index contributed by atoms with van der Waals surface area (Å²) in [5.74, 6) is 0. The Morgan fingerprint density at radius 2 is 1.94 bits per heavy atom. The SMILES string of the molecule is O=c1[nH]c2ccccc2n2c(Br)cc(Br)c12. The molecule has 3 nitrogen and oxygen atoms in total. The molecule has 0 amide bonds. The molecule has 1 N–H and O–H groups in total. The van der Waals surface area contributed by atoms with E-state index in [0.29, 0.717) is 5.52 Å². The molecule has 0 spiro atoms. The summed E-state index contributed by atoms with van der Waals surface area (Å²) in [6.45, 7) is 0. The normalized spacial score (nSPS) is 11.4. The quantitative estimate of drug-likeness (QED) is 0.669. The van der Waals surface area contributed by atoms with Gasteiger partial charge < -0.3 is 4.98 Å². The van der Waals surface area contributed by atoms with E-state index in [9.17, 15) is 4.79 Å². The summed E-state index contributed by atoms with van der Waals surface area (Å²) in [4.78, 5) is 14.8. The van der Waals surface area contributed by atoms with Gasteiger partial charge in [-0.1, -0.05) is 12.1 Å². The van der Waals surface area contributed by atoms with Crippen molar-refractivity contribution in [2.75, 3.05) is 0 Å². The second-order valence-corrected chi connectivity index (χ2v) is 5.14. The average molecular weight is 342 g/mol. The third-order valence-electron chi connectivity index (χ3n) is 2.52. The van der Waals surface area contributed by atoms with E-state index in [1.54, 1.807) is 0 Å². The first kappa shape index (κ1) is 10.1. The molecule has 3 aromatic rings. The Kier molecular flexibility index (Phi) is 2.19. The highest BCUT2D eigenvalue weighted by molar-refractivity contribution is 9.11. The van der Waals surface area contributed by atoms with Gasteiger partial charge in [0.25, 0.3) is 5.56 Å². The average Bonchev–Trinajstić information content (AvgIpc) is 2.55. The second-order valence-electron chi connectivity index (χ2n) is 3.47. The van der Waals surface area contributed by atoms with Crippen LogP contribution in [0.5, 0.6) is 0 Å². The fourth-order valence-electron chi connectivity index (χ4n) is 1.85. The Balaban J connectivity index is 2.74. The smallest absolute Gasteiger partial charge is 0.273 e. The van der Waals surface area contributed by atoms with Gasteiger partial charge in [-0.25, -0.2) is 0 Å². The zero-order valence-electron chi connectivity index (χ0n) is 8.00. The molecule has 0 fully saturated rings. The third-order valence-corrected chi connectivity index (χ3v) is 3.71. The molecule has 0 aliphatic rings. The summed E-state index contributed by atoms with van der Waals surface area (Å²) in [6, 6.07) is 9.57. The van der Waals surface area contributed by atoms with Crippen molar-refractivity contribution in [1.82, 2.24) is 9.38 Å². The van der Waals surface area contributed by atoms with Crippen LogP contribution in [0.15, 0.2) is 44.2 Å². The van der Waals surface area contributed by atoms with E-state index in [0.717, 1.165) is 20.1 Å². The number of nitrogens with zero attached hydrogens (tertiary/aromatic N) is 1. The largest absolute Gasteiger partial charge is 0.319 e. The van der Waals surface area contributed by atoms with Crippen LogP contribution in [0.3, 0.4) is 0 Å². The molecule has 16 heavy (non-hydrogen) atoms. The van der Waals surface area contributed by atoms with Gasteiger partial charge in [0.2, 0.25) is 0 Å². The minimum Gasteiger partial charge on any atom is -0.319 e. The Labute approximate surface area is 107 Å². The van der Waals surface area contributed by atoms with Crippen LogP contribution in [0, 0.1) is 0 Å². The molecule has 2 heterocycles. The molecule has 0 aliphatic carbocycles. The van der Waals surface area contributed by atoms with Crippen LogP contribution < -0.4 is 5.56 Å². The number of halogens is 2. The van der Waals surface area contributed by atoms with E-state index in [-0.39, 0.29) is 5.56 Å². The maximum Gasteiger partial charge on any atom is 0.273 e. The summed E-state index contributed by atoms with van der Waals surface area (Å²) < 4.78 is 3.53. The van der Waals surface area contributed by atoms with Gasteiger partial charge in [-0.05, 0) is 50.1 Å². The summed E-state index contributed by atoms with van der Waals surface area (Å²) in [5, 5.41) is 0. The van der Waals surface area contributed by atoms with E-state index in [4.69, 9.17) is 0 Å². The zero-order chi connectivity index (χ0) is 11.3. The number of aromatic amines is 1.